The second-order valence-electron chi connectivity index (χ2n) is 5.92. The standard InChI is InChI=1S/C16H23NO/c1-12(18)10-15-11-13-6-2-5-9-16(13)17(15)14-7-3-4-8-14/h2,5-6,9,12,14-15,18H,3-4,7-8,10-11H2,1H3. The number of hydrogen-bond acceptors (Lipinski definition) is 2. The third-order valence-electron chi connectivity index (χ3n) is 4.45. The van der Waals surface area contributed by atoms with Crippen molar-refractivity contribution in [1.29, 1.82) is 0 Å². The molecular weight excluding hydrogens is 222 g/mol. The third-order valence-corrected chi connectivity index (χ3v) is 4.45. The maximum Gasteiger partial charge on any atom is 0.0531 e. The minimum absolute atomic E-state index is 0.201. The summed E-state index contributed by atoms with van der Waals surface area (Å²) in [4.78, 5) is 2.62. The highest BCUT2D eigenvalue weighted by Crippen LogP contribution is 2.39. The molecule has 1 aromatic rings. The summed E-state index contributed by atoms with van der Waals surface area (Å²) in [6.07, 6.45) is 7.18. The van der Waals surface area contributed by atoms with Gasteiger partial charge < -0.3 is 10.0 Å². The zero-order valence-electron chi connectivity index (χ0n) is 11.2. The van der Waals surface area contributed by atoms with Crippen LogP contribution in [-0.4, -0.2) is 23.3 Å². The van der Waals surface area contributed by atoms with Crippen molar-refractivity contribution >= 4 is 5.69 Å². The molecule has 1 fully saturated rings. The van der Waals surface area contributed by atoms with Crippen LogP contribution in [0.4, 0.5) is 5.69 Å². The number of fused-ring (bicyclic) bond motifs is 1. The lowest BCUT2D eigenvalue weighted by Crippen LogP contribution is -2.41. The van der Waals surface area contributed by atoms with Crippen molar-refractivity contribution in [2.24, 2.45) is 0 Å². The Morgan fingerprint density at radius 3 is 2.72 bits per heavy atom. The molecule has 1 aromatic carbocycles. The SMILES string of the molecule is CC(O)CC1Cc2ccccc2N1C1CCCC1. The molecule has 2 unspecified atom stereocenters. The van der Waals surface area contributed by atoms with Gasteiger partial charge in [-0.3, -0.25) is 0 Å². The number of para-hydroxylation sites is 1. The average Bonchev–Trinajstić information content (AvgIpc) is 2.93. The molecule has 98 valence electrons. The molecule has 1 aliphatic carbocycles. The van der Waals surface area contributed by atoms with Crippen LogP contribution in [0, 0.1) is 0 Å². The minimum Gasteiger partial charge on any atom is -0.393 e. The lowest BCUT2D eigenvalue weighted by molar-refractivity contribution is 0.172. The van der Waals surface area contributed by atoms with E-state index in [0.29, 0.717) is 12.1 Å². The van der Waals surface area contributed by atoms with Gasteiger partial charge in [-0.15, -0.1) is 0 Å². The summed E-state index contributed by atoms with van der Waals surface area (Å²) in [5.41, 5.74) is 2.89. The maximum atomic E-state index is 9.73. The van der Waals surface area contributed by atoms with E-state index in [0.717, 1.165) is 12.8 Å². The summed E-state index contributed by atoms with van der Waals surface area (Å²) >= 11 is 0. The van der Waals surface area contributed by atoms with Crippen LogP contribution in [0.15, 0.2) is 24.3 Å². The molecule has 0 saturated heterocycles. The first-order valence-electron chi connectivity index (χ1n) is 7.30. The van der Waals surface area contributed by atoms with Gasteiger partial charge in [0.05, 0.1) is 6.10 Å². The van der Waals surface area contributed by atoms with Crippen molar-refractivity contribution in [3.05, 3.63) is 29.8 Å². The van der Waals surface area contributed by atoms with Crippen LogP contribution in [0.2, 0.25) is 0 Å². The van der Waals surface area contributed by atoms with E-state index >= 15 is 0 Å². The fourth-order valence-corrected chi connectivity index (χ4v) is 3.75. The van der Waals surface area contributed by atoms with Crippen LogP contribution < -0.4 is 4.90 Å². The van der Waals surface area contributed by atoms with E-state index in [-0.39, 0.29) is 6.10 Å². The first-order chi connectivity index (χ1) is 8.75. The van der Waals surface area contributed by atoms with Crippen molar-refractivity contribution in [1.82, 2.24) is 0 Å². The molecule has 3 rings (SSSR count). The summed E-state index contributed by atoms with van der Waals surface area (Å²) in [7, 11) is 0. The zero-order chi connectivity index (χ0) is 12.5. The Balaban J connectivity index is 1.88. The average molecular weight is 245 g/mol. The fourth-order valence-electron chi connectivity index (χ4n) is 3.75. The maximum absolute atomic E-state index is 9.73. The Kier molecular flexibility index (Phi) is 3.29. The van der Waals surface area contributed by atoms with Gasteiger partial charge in [-0.1, -0.05) is 31.0 Å². The Labute approximate surface area is 110 Å². The van der Waals surface area contributed by atoms with E-state index in [1.807, 2.05) is 6.92 Å². The van der Waals surface area contributed by atoms with Crippen molar-refractivity contribution in [2.45, 2.75) is 63.6 Å². The highest BCUT2D eigenvalue weighted by atomic mass is 16.3. The summed E-state index contributed by atoms with van der Waals surface area (Å²) in [6.45, 7) is 1.91. The van der Waals surface area contributed by atoms with Crippen LogP contribution >= 0.6 is 0 Å². The largest absolute Gasteiger partial charge is 0.393 e. The van der Waals surface area contributed by atoms with Gasteiger partial charge in [-0.05, 0) is 44.2 Å². The van der Waals surface area contributed by atoms with E-state index < -0.39 is 0 Å². The van der Waals surface area contributed by atoms with Crippen LogP contribution in [0.1, 0.15) is 44.6 Å². The lowest BCUT2D eigenvalue weighted by Gasteiger charge is -2.34. The Morgan fingerprint density at radius 2 is 2.00 bits per heavy atom. The molecule has 1 aliphatic heterocycles. The Morgan fingerprint density at radius 1 is 1.28 bits per heavy atom. The molecule has 0 aromatic heterocycles. The Bertz CT molecular complexity index is 409. The van der Waals surface area contributed by atoms with Crippen LogP contribution in [0.3, 0.4) is 0 Å². The lowest BCUT2D eigenvalue weighted by atomic mass is 10.0. The molecule has 2 atom stereocenters. The van der Waals surface area contributed by atoms with Gasteiger partial charge in [0.2, 0.25) is 0 Å². The van der Waals surface area contributed by atoms with Gasteiger partial charge in [-0.2, -0.15) is 0 Å². The second kappa shape index (κ2) is 4.93. The number of rotatable bonds is 3. The molecule has 18 heavy (non-hydrogen) atoms. The quantitative estimate of drug-likeness (QED) is 0.884. The van der Waals surface area contributed by atoms with Crippen LogP contribution in [0.25, 0.3) is 0 Å². The molecule has 0 spiro atoms. The van der Waals surface area contributed by atoms with E-state index in [9.17, 15) is 5.11 Å². The number of benzene rings is 1. The highest BCUT2D eigenvalue weighted by Gasteiger charge is 2.35. The predicted octanol–water partition coefficient (Wildman–Crippen LogP) is 3.13. The molecule has 1 saturated carbocycles. The monoisotopic (exact) mass is 245 g/mol. The Hall–Kier alpha value is -1.02. The van der Waals surface area contributed by atoms with E-state index in [4.69, 9.17) is 0 Å². The summed E-state index contributed by atoms with van der Waals surface area (Å²) < 4.78 is 0. The van der Waals surface area contributed by atoms with Gasteiger partial charge in [0.1, 0.15) is 0 Å². The third kappa shape index (κ3) is 2.14. The van der Waals surface area contributed by atoms with E-state index in [1.165, 1.54) is 36.9 Å². The molecule has 2 nitrogen and oxygen atoms in total. The van der Waals surface area contributed by atoms with E-state index in [1.54, 1.807) is 0 Å². The minimum atomic E-state index is -0.201. The molecule has 0 amide bonds. The number of aliphatic hydroxyl groups is 1. The van der Waals surface area contributed by atoms with Gasteiger partial charge >= 0.3 is 0 Å². The number of aliphatic hydroxyl groups excluding tert-OH is 1. The van der Waals surface area contributed by atoms with Crippen molar-refractivity contribution in [3.8, 4) is 0 Å². The number of nitrogens with zero attached hydrogens (tertiary/aromatic N) is 1. The molecule has 1 N–H and O–H groups in total. The summed E-state index contributed by atoms with van der Waals surface area (Å²) in [5.74, 6) is 0. The molecule has 0 bridgehead atoms. The first kappa shape index (κ1) is 12.0. The predicted molar refractivity (Wildman–Crippen MR) is 75.0 cm³/mol. The molecule has 2 aliphatic rings. The molecule has 0 radical (unpaired) electrons. The normalized spacial score (nSPS) is 25.4. The van der Waals surface area contributed by atoms with Crippen molar-refractivity contribution < 1.29 is 5.11 Å². The topological polar surface area (TPSA) is 23.5 Å². The summed E-state index contributed by atoms with van der Waals surface area (Å²) in [6, 6.07) is 10.00. The smallest absolute Gasteiger partial charge is 0.0531 e. The zero-order valence-corrected chi connectivity index (χ0v) is 11.2. The van der Waals surface area contributed by atoms with Crippen molar-refractivity contribution in [3.63, 3.8) is 0 Å². The number of hydrogen-bond donors (Lipinski definition) is 1. The van der Waals surface area contributed by atoms with Gasteiger partial charge in [-0.25, -0.2) is 0 Å². The molecule has 2 heteroatoms. The second-order valence-corrected chi connectivity index (χ2v) is 5.92. The van der Waals surface area contributed by atoms with Crippen molar-refractivity contribution in [2.75, 3.05) is 4.90 Å². The van der Waals surface area contributed by atoms with Crippen LogP contribution in [-0.2, 0) is 6.42 Å². The highest BCUT2D eigenvalue weighted by molar-refractivity contribution is 5.60. The van der Waals surface area contributed by atoms with Gasteiger partial charge in [0, 0.05) is 17.8 Å². The summed E-state index contributed by atoms with van der Waals surface area (Å²) in [5, 5.41) is 9.73. The fraction of sp³-hybridized carbons (Fsp3) is 0.625. The molecule has 1 heterocycles. The molecular formula is C16H23NO. The first-order valence-corrected chi connectivity index (χ1v) is 7.30. The van der Waals surface area contributed by atoms with Gasteiger partial charge in [0.15, 0.2) is 0 Å². The van der Waals surface area contributed by atoms with Gasteiger partial charge in [0.25, 0.3) is 0 Å². The van der Waals surface area contributed by atoms with E-state index in [2.05, 4.69) is 29.2 Å². The van der Waals surface area contributed by atoms with Crippen LogP contribution in [0.5, 0.6) is 0 Å². The number of anilines is 1.